The fourth-order valence-electron chi connectivity index (χ4n) is 2.90. The Morgan fingerprint density at radius 2 is 1.69 bits per heavy atom. The number of hydrogen-bond donors (Lipinski definition) is 1. The first kappa shape index (κ1) is 21.1. The number of rotatable bonds is 11. The van der Waals surface area contributed by atoms with Gasteiger partial charge in [-0.3, -0.25) is 4.79 Å². The van der Waals surface area contributed by atoms with Gasteiger partial charge < -0.3 is 14.6 Å². The molecule has 0 bridgehead atoms. The van der Waals surface area contributed by atoms with Crippen LogP contribution in [-0.2, 0) is 35.5 Å². The Morgan fingerprint density at radius 1 is 1.00 bits per heavy atom. The van der Waals surface area contributed by atoms with Crippen LogP contribution in [0.1, 0.15) is 17.0 Å². The lowest BCUT2D eigenvalue weighted by molar-refractivity contribution is -0.118. The van der Waals surface area contributed by atoms with Gasteiger partial charge in [0.2, 0.25) is 5.91 Å². The van der Waals surface area contributed by atoms with E-state index in [0.29, 0.717) is 25.4 Å². The van der Waals surface area contributed by atoms with Gasteiger partial charge in [0.15, 0.2) is 5.16 Å². The van der Waals surface area contributed by atoms with E-state index in [1.165, 1.54) is 17.3 Å². The number of carbonyl (C=O) groups is 1. The van der Waals surface area contributed by atoms with Gasteiger partial charge in [-0.25, -0.2) is 0 Å². The quantitative estimate of drug-likeness (QED) is 0.492. The van der Waals surface area contributed by atoms with E-state index >= 15 is 0 Å². The van der Waals surface area contributed by atoms with Gasteiger partial charge >= 0.3 is 0 Å². The van der Waals surface area contributed by atoms with E-state index < -0.39 is 0 Å². The largest absolute Gasteiger partial charge is 0.383 e. The minimum Gasteiger partial charge on any atom is -0.383 e. The van der Waals surface area contributed by atoms with Crippen LogP contribution in [0.15, 0.2) is 65.8 Å². The maximum Gasteiger partial charge on any atom is 0.230 e. The third-order valence-corrected chi connectivity index (χ3v) is 5.42. The molecule has 1 N–H and O–H groups in total. The predicted octanol–water partition coefficient (Wildman–Crippen LogP) is 3.12. The second-order valence-corrected chi connectivity index (χ2v) is 7.52. The molecule has 7 heteroatoms. The molecular formula is C22H26N4O2S. The molecule has 0 fully saturated rings. The number of thioether (sulfide) groups is 1. The molecule has 3 aromatic rings. The van der Waals surface area contributed by atoms with Gasteiger partial charge in [-0.05, 0) is 17.5 Å². The number of aromatic nitrogens is 3. The minimum atomic E-state index is -0.0222. The SMILES string of the molecule is COCCn1c(CCc2ccccc2)nnc1SCC(=O)NCc1ccccc1. The molecule has 0 aliphatic carbocycles. The second-order valence-electron chi connectivity index (χ2n) is 6.58. The van der Waals surface area contributed by atoms with Crippen LogP contribution in [0.25, 0.3) is 0 Å². The van der Waals surface area contributed by atoms with Gasteiger partial charge in [0, 0.05) is 26.6 Å². The van der Waals surface area contributed by atoms with Crippen molar-refractivity contribution in [2.24, 2.45) is 0 Å². The summed E-state index contributed by atoms with van der Waals surface area (Å²) in [6, 6.07) is 20.2. The number of nitrogens with zero attached hydrogens (tertiary/aromatic N) is 3. The molecule has 0 aliphatic heterocycles. The van der Waals surface area contributed by atoms with E-state index in [9.17, 15) is 4.79 Å². The minimum absolute atomic E-state index is 0.0222. The Balaban J connectivity index is 1.56. The molecule has 1 aromatic heterocycles. The van der Waals surface area contributed by atoms with Crippen molar-refractivity contribution in [1.29, 1.82) is 0 Å². The summed E-state index contributed by atoms with van der Waals surface area (Å²) in [7, 11) is 1.68. The molecule has 6 nitrogen and oxygen atoms in total. The van der Waals surface area contributed by atoms with E-state index in [1.807, 2.05) is 48.5 Å². The summed E-state index contributed by atoms with van der Waals surface area (Å²) in [5.74, 6) is 1.19. The standard InChI is InChI=1S/C22H26N4O2S/c1-28-15-14-26-20(13-12-18-8-4-2-5-9-18)24-25-22(26)29-17-21(27)23-16-19-10-6-3-7-11-19/h2-11H,12-17H2,1H3,(H,23,27). The number of aryl methyl sites for hydroxylation is 2. The van der Waals surface area contributed by atoms with Crippen molar-refractivity contribution in [2.75, 3.05) is 19.5 Å². The highest BCUT2D eigenvalue weighted by Crippen LogP contribution is 2.18. The van der Waals surface area contributed by atoms with Crippen molar-refractivity contribution in [3.63, 3.8) is 0 Å². The molecule has 0 saturated carbocycles. The molecule has 3 rings (SSSR count). The summed E-state index contributed by atoms with van der Waals surface area (Å²) < 4.78 is 7.29. The second kappa shape index (κ2) is 11.4. The molecular weight excluding hydrogens is 384 g/mol. The third kappa shape index (κ3) is 6.73. The fraction of sp³-hybridized carbons (Fsp3) is 0.318. The normalized spacial score (nSPS) is 10.8. The number of carbonyl (C=O) groups excluding carboxylic acids is 1. The van der Waals surface area contributed by atoms with Crippen LogP contribution in [0.3, 0.4) is 0 Å². The Bertz CT molecular complexity index is 884. The summed E-state index contributed by atoms with van der Waals surface area (Å²) in [6.07, 6.45) is 1.69. The van der Waals surface area contributed by atoms with E-state index in [1.54, 1.807) is 7.11 Å². The topological polar surface area (TPSA) is 69.0 Å². The van der Waals surface area contributed by atoms with Crippen molar-refractivity contribution < 1.29 is 9.53 Å². The van der Waals surface area contributed by atoms with Gasteiger partial charge in [-0.1, -0.05) is 72.4 Å². The lowest BCUT2D eigenvalue weighted by atomic mass is 10.1. The van der Waals surface area contributed by atoms with Crippen molar-refractivity contribution >= 4 is 17.7 Å². The molecule has 0 atom stereocenters. The van der Waals surface area contributed by atoms with E-state index in [0.717, 1.165) is 29.4 Å². The first-order valence-corrected chi connectivity index (χ1v) is 10.6. The van der Waals surface area contributed by atoms with Gasteiger partial charge in [0.25, 0.3) is 0 Å². The van der Waals surface area contributed by atoms with Gasteiger partial charge in [-0.2, -0.15) is 0 Å². The fourth-order valence-corrected chi connectivity index (χ4v) is 3.71. The molecule has 0 unspecified atom stereocenters. The smallest absolute Gasteiger partial charge is 0.230 e. The zero-order valence-electron chi connectivity index (χ0n) is 16.6. The first-order chi connectivity index (χ1) is 14.3. The van der Waals surface area contributed by atoms with E-state index in [-0.39, 0.29) is 5.91 Å². The van der Waals surface area contributed by atoms with Crippen LogP contribution in [0.4, 0.5) is 0 Å². The number of hydrogen-bond acceptors (Lipinski definition) is 5. The van der Waals surface area contributed by atoms with Gasteiger partial charge in [-0.15, -0.1) is 10.2 Å². The zero-order chi connectivity index (χ0) is 20.3. The summed E-state index contributed by atoms with van der Waals surface area (Å²) in [6.45, 7) is 1.77. The van der Waals surface area contributed by atoms with Crippen LogP contribution >= 0.6 is 11.8 Å². The van der Waals surface area contributed by atoms with Gasteiger partial charge in [0.1, 0.15) is 5.82 Å². The van der Waals surface area contributed by atoms with E-state index in [4.69, 9.17) is 4.74 Å². The molecule has 0 spiro atoms. The number of methoxy groups -OCH3 is 1. The van der Waals surface area contributed by atoms with Crippen LogP contribution in [0.5, 0.6) is 0 Å². The van der Waals surface area contributed by atoms with Crippen molar-refractivity contribution in [3.05, 3.63) is 77.6 Å². The predicted molar refractivity (Wildman–Crippen MR) is 115 cm³/mol. The van der Waals surface area contributed by atoms with Crippen molar-refractivity contribution in [1.82, 2.24) is 20.1 Å². The van der Waals surface area contributed by atoms with Crippen LogP contribution in [-0.4, -0.2) is 40.1 Å². The summed E-state index contributed by atoms with van der Waals surface area (Å²) >= 11 is 1.40. The summed E-state index contributed by atoms with van der Waals surface area (Å²) in [4.78, 5) is 12.2. The Labute approximate surface area is 175 Å². The average Bonchev–Trinajstić information content (AvgIpc) is 3.16. The molecule has 152 valence electrons. The Hall–Kier alpha value is -2.64. The molecule has 0 radical (unpaired) electrons. The summed E-state index contributed by atoms with van der Waals surface area (Å²) in [5, 5.41) is 12.4. The van der Waals surface area contributed by atoms with Crippen LogP contribution in [0, 0.1) is 0 Å². The summed E-state index contributed by atoms with van der Waals surface area (Å²) in [5.41, 5.74) is 2.35. The molecule has 0 saturated heterocycles. The highest BCUT2D eigenvalue weighted by molar-refractivity contribution is 7.99. The maximum absolute atomic E-state index is 12.2. The number of nitrogens with one attached hydrogen (secondary N) is 1. The van der Waals surface area contributed by atoms with E-state index in [2.05, 4.69) is 32.2 Å². The lowest BCUT2D eigenvalue weighted by Gasteiger charge is -2.10. The highest BCUT2D eigenvalue weighted by Gasteiger charge is 2.14. The van der Waals surface area contributed by atoms with Gasteiger partial charge in [0.05, 0.1) is 12.4 Å². The number of amides is 1. The average molecular weight is 411 g/mol. The first-order valence-electron chi connectivity index (χ1n) is 9.64. The maximum atomic E-state index is 12.2. The van der Waals surface area contributed by atoms with Crippen LogP contribution < -0.4 is 5.32 Å². The molecule has 1 heterocycles. The lowest BCUT2D eigenvalue weighted by Crippen LogP contribution is -2.24. The van der Waals surface area contributed by atoms with Crippen molar-refractivity contribution in [3.8, 4) is 0 Å². The molecule has 29 heavy (non-hydrogen) atoms. The Morgan fingerprint density at radius 3 is 2.38 bits per heavy atom. The molecule has 0 aliphatic rings. The Kier molecular flexibility index (Phi) is 8.27. The number of benzene rings is 2. The molecule has 1 amide bonds. The van der Waals surface area contributed by atoms with Crippen molar-refractivity contribution in [2.45, 2.75) is 31.1 Å². The monoisotopic (exact) mass is 410 g/mol. The number of ether oxygens (including phenoxy) is 1. The molecule has 2 aromatic carbocycles. The van der Waals surface area contributed by atoms with Crippen LogP contribution in [0.2, 0.25) is 0 Å². The highest BCUT2D eigenvalue weighted by atomic mass is 32.2. The zero-order valence-corrected chi connectivity index (χ0v) is 17.4. The third-order valence-electron chi connectivity index (χ3n) is 4.46.